The number of halogens is 1. The minimum atomic E-state index is -0.459. The van der Waals surface area contributed by atoms with Crippen molar-refractivity contribution in [2.45, 2.75) is 6.42 Å². The lowest BCUT2D eigenvalue weighted by Crippen LogP contribution is -2.00. The van der Waals surface area contributed by atoms with Crippen molar-refractivity contribution in [2.24, 2.45) is 0 Å². The highest BCUT2D eigenvalue weighted by atomic mass is 79.9. The van der Waals surface area contributed by atoms with E-state index < -0.39 is 4.92 Å². The molecule has 2 rings (SSSR count). The van der Waals surface area contributed by atoms with Crippen molar-refractivity contribution >= 4 is 21.6 Å². The highest BCUT2D eigenvalue weighted by molar-refractivity contribution is 9.09. The summed E-state index contributed by atoms with van der Waals surface area (Å²) in [6.07, 6.45) is 2.46. The fourth-order valence-corrected chi connectivity index (χ4v) is 2.00. The minimum Gasteiger partial charge on any atom is -0.494 e. The number of alkyl halides is 1. The number of aromatic nitrogens is 3. The molecule has 1 aromatic carbocycles. The number of rotatable bonds is 5. The van der Waals surface area contributed by atoms with Gasteiger partial charge in [0.15, 0.2) is 0 Å². The monoisotopic (exact) mass is 326 g/mol. The van der Waals surface area contributed by atoms with E-state index in [1.165, 1.54) is 23.9 Å². The molecule has 0 N–H and O–H groups in total. The molecule has 0 fully saturated rings. The van der Waals surface area contributed by atoms with Crippen LogP contribution in [-0.4, -0.2) is 32.4 Å². The van der Waals surface area contributed by atoms with Gasteiger partial charge in [0, 0.05) is 23.9 Å². The number of nitrogens with zero attached hydrogens (tertiary/aromatic N) is 4. The molecule has 0 aliphatic carbocycles. The van der Waals surface area contributed by atoms with Gasteiger partial charge in [-0.05, 0) is 6.07 Å². The van der Waals surface area contributed by atoms with Crippen molar-refractivity contribution in [3.8, 4) is 11.4 Å². The zero-order chi connectivity index (χ0) is 13.8. The number of hydrogen-bond acceptors (Lipinski definition) is 5. The third-order valence-corrected chi connectivity index (χ3v) is 2.91. The molecule has 1 aromatic heterocycles. The van der Waals surface area contributed by atoms with Gasteiger partial charge >= 0.3 is 0 Å². The fraction of sp³-hybridized carbons (Fsp3) is 0.273. The van der Waals surface area contributed by atoms with E-state index in [0.29, 0.717) is 11.4 Å². The summed E-state index contributed by atoms with van der Waals surface area (Å²) in [5, 5.41) is 19.5. The van der Waals surface area contributed by atoms with E-state index in [4.69, 9.17) is 4.74 Å². The van der Waals surface area contributed by atoms with Crippen molar-refractivity contribution in [3.05, 3.63) is 40.2 Å². The summed E-state index contributed by atoms with van der Waals surface area (Å²) in [7, 11) is 1.50. The van der Waals surface area contributed by atoms with E-state index in [0.717, 1.165) is 17.4 Å². The molecule has 0 spiro atoms. The summed E-state index contributed by atoms with van der Waals surface area (Å²) >= 11 is 3.32. The van der Waals surface area contributed by atoms with E-state index in [2.05, 4.69) is 26.2 Å². The molecule has 0 amide bonds. The number of methoxy groups -OCH3 is 1. The summed E-state index contributed by atoms with van der Waals surface area (Å²) in [6, 6.07) is 4.34. The first-order valence-corrected chi connectivity index (χ1v) is 6.58. The lowest BCUT2D eigenvalue weighted by atomic mass is 10.2. The quantitative estimate of drug-likeness (QED) is 0.477. The van der Waals surface area contributed by atoms with Crippen LogP contribution in [0.2, 0.25) is 0 Å². The smallest absolute Gasteiger partial charge is 0.271 e. The molecule has 0 bridgehead atoms. The normalized spacial score (nSPS) is 10.4. The molecule has 0 aliphatic rings. The Hall–Kier alpha value is -1.96. The SMILES string of the molecule is COc1ccc([N+](=O)[O-])cc1-n1cc(CCBr)nn1. The average molecular weight is 327 g/mol. The van der Waals surface area contributed by atoms with Gasteiger partial charge < -0.3 is 4.74 Å². The second-order valence-electron chi connectivity index (χ2n) is 3.71. The van der Waals surface area contributed by atoms with Crippen LogP contribution in [0, 0.1) is 10.1 Å². The number of nitro benzene ring substituents is 1. The van der Waals surface area contributed by atoms with Crippen LogP contribution in [0.3, 0.4) is 0 Å². The lowest BCUT2D eigenvalue weighted by Gasteiger charge is -2.06. The second kappa shape index (κ2) is 5.79. The number of nitro groups is 1. The highest BCUT2D eigenvalue weighted by Crippen LogP contribution is 2.26. The number of non-ortho nitro benzene ring substituents is 1. The molecular formula is C11H11BrN4O3. The maximum atomic E-state index is 10.8. The van der Waals surface area contributed by atoms with Crippen LogP contribution >= 0.6 is 15.9 Å². The maximum Gasteiger partial charge on any atom is 0.271 e. The molecule has 0 unspecified atom stereocenters. The van der Waals surface area contributed by atoms with Gasteiger partial charge in [0.25, 0.3) is 5.69 Å². The van der Waals surface area contributed by atoms with E-state index in [-0.39, 0.29) is 5.69 Å². The van der Waals surface area contributed by atoms with Crippen molar-refractivity contribution in [1.82, 2.24) is 15.0 Å². The highest BCUT2D eigenvalue weighted by Gasteiger charge is 2.14. The Morgan fingerprint density at radius 2 is 2.32 bits per heavy atom. The molecule has 0 aliphatic heterocycles. The number of aryl methyl sites for hydroxylation is 1. The summed E-state index contributed by atoms with van der Waals surface area (Å²) in [4.78, 5) is 10.3. The van der Waals surface area contributed by atoms with E-state index in [9.17, 15) is 10.1 Å². The molecule has 0 saturated heterocycles. The fourth-order valence-electron chi connectivity index (χ4n) is 1.60. The Morgan fingerprint density at radius 1 is 1.53 bits per heavy atom. The van der Waals surface area contributed by atoms with Gasteiger partial charge in [-0.1, -0.05) is 21.1 Å². The molecule has 0 atom stereocenters. The van der Waals surface area contributed by atoms with Crippen molar-refractivity contribution in [3.63, 3.8) is 0 Å². The summed E-state index contributed by atoms with van der Waals surface area (Å²) in [5.74, 6) is 0.501. The summed E-state index contributed by atoms with van der Waals surface area (Å²) < 4.78 is 6.66. The third kappa shape index (κ3) is 2.90. The first kappa shape index (κ1) is 13.5. The predicted molar refractivity (Wildman–Crippen MR) is 72.1 cm³/mol. The molecule has 2 aromatic rings. The maximum absolute atomic E-state index is 10.8. The number of ether oxygens (including phenoxy) is 1. The molecule has 8 heteroatoms. The van der Waals surface area contributed by atoms with Gasteiger partial charge in [0.05, 0.1) is 23.9 Å². The van der Waals surface area contributed by atoms with Crippen LogP contribution < -0.4 is 4.74 Å². The Morgan fingerprint density at radius 3 is 2.95 bits per heavy atom. The first-order chi connectivity index (χ1) is 9.15. The Balaban J connectivity index is 2.45. The molecule has 7 nitrogen and oxygen atoms in total. The van der Waals surface area contributed by atoms with Crippen LogP contribution in [0.4, 0.5) is 5.69 Å². The molecule has 19 heavy (non-hydrogen) atoms. The van der Waals surface area contributed by atoms with Gasteiger partial charge in [-0.3, -0.25) is 10.1 Å². The standard InChI is InChI=1S/C11H11BrN4O3/c1-19-11-3-2-9(16(17)18)6-10(11)15-7-8(4-5-12)13-14-15/h2-3,6-7H,4-5H2,1H3. The van der Waals surface area contributed by atoms with Gasteiger partial charge in [-0.25, -0.2) is 4.68 Å². The molecule has 100 valence electrons. The third-order valence-electron chi connectivity index (χ3n) is 2.51. The average Bonchev–Trinajstić information content (AvgIpc) is 2.87. The van der Waals surface area contributed by atoms with Gasteiger partial charge in [-0.15, -0.1) is 5.10 Å². The predicted octanol–water partition coefficient (Wildman–Crippen LogP) is 2.12. The Kier molecular flexibility index (Phi) is 4.10. The van der Waals surface area contributed by atoms with E-state index >= 15 is 0 Å². The lowest BCUT2D eigenvalue weighted by molar-refractivity contribution is -0.384. The number of benzene rings is 1. The molecule has 0 saturated carbocycles. The van der Waals surface area contributed by atoms with Crippen LogP contribution in [-0.2, 0) is 6.42 Å². The first-order valence-electron chi connectivity index (χ1n) is 5.45. The molecular weight excluding hydrogens is 316 g/mol. The van der Waals surface area contributed by atoms with Crippen molar-refractivity contribution < 1.29 is 9.66 Å². The number of hydrogen-bond donors (Lipinski definition) is 0. The van der Waals surface area contributed by atoms with Crippen LogP contribution in [0.5, 0.6) is 5.75 Å². The van der Waals surface area contributed by atoms with E-state index in [1.54, 1.807) is 12.3 Å². The Bertz CT molecular complexity index is 599. The topological polar surface area (TPSA) is 83.1 Å². The Labute approximate surface area is 117 Å². The van der Waals surface area contributed by atoms with Crippen molar-refractivity contribution in [2.75, 3.05) is 12.4 Å². The zero-order valence-corrected chi connectivity index (χ0v) is 11.7. The second-order valence-corrected chi connectivity index (χ2v) is 4.50. The van der Waals surface area contributed by atoms with Gasteiger partial charge in [0.1, 0.15) is 11.4 Å². The van der Waals surface area contributed by atoms with Crippen LogP contribution in [0.15, 0.2) is 24.4 Å². The minimum absolute atomic E-state index is 0.0201. The largest absolute Gasteiger partial charge is 0.494 e. The summed E-state index contributed by atoms with van der Waals surface area (Å²) in [6.45, 7) is 0. The molecule has 1 heterocycles. The van der Waals surface area contributed by atoms with E-state index in [1.807, 2.05) is 0 Å². The van der Waals surface area contributed by atoms with Gasteiger partial charge in [-0.2, -0.15) is 0 Å². The van der Waals surface area contributed by atoms with Crippen molar-refractivity contribution in [1.29, 1.82) is 0 Å². The summed E-state index contributed by atoms with van der Waals surface area (Å²) in [5.41, 5.74) is 1.27. The molecule has 0 radical (unpaired) electrons. The van der Waals surface area contributed by atoms with Gasteiger partial charge in [0.2, 0.25) is 0 Å². The van der Waals surface area contributed by atoms with Crippen LogP contribution in [0.25, 0.3) is 5.69 Å². The van der Waals surface area contributed by atoms with Crippen LogP contribution in [0.1, 0.15) is 5.69 Å². The zero-order valence-electron chi connectivity index (χ0n) is 10.1.